The van der Waals surface area contributed by atoms with Crippen LogP contribution < -0.4 is 10.2 Å². The maximum Gasteiger partial charge on any atom is 0.135 e. The summed E-state index contributed by atoms with van der Waals surface area (Å²) in [5.74, 6) is 1.85. The molecule has 0 saturated carbocycles. The quantitative estimate of drug-likeness (QED) is 0.784. The van der Waals surface area contributed by atoms with Crippen molar-refractivity contribution in [2.24, 2.45) is 0 Å². The SMILES string of the molecule is Cc1nc2c(c(N(C)Cc3ccc4nonc4c3)n1)CCNCC2. The average molecular weight is 324 g/mol. The van der Waals surface area contributed by atoms with E-state index in [1.54, 1.807) is 0 Å². The molecule has 1 aliphatic heterocycles. The van der Waals surface area contributed by atoms with E-state index in [1.807, 2.05) is 19.1 Å². The van der Waals surface area contributed by atoms with E-state index in [-0.39, 0.29) is 0 Å². The summed E-state index contributed by atoms with van der Waals surface area (Å²) in [6, 6.07) is 6.00. The van der Waals surface area contributed by atoms with Gasteiger partial charge in [-0.15, -0.1) is 0 Å². The molecule has 0 fully saturated rings. The predicted octanol–water partition coefficient (Wildman–Crippen LogP) is 1.65. The minimum atomic E-state index is 0.749. The Balaban J connectivity index is 1.66. The summed E-state index contributed by atoms with van der Waals surface area (Å²) in [6.07, 6.45) is 1.91. The highest BCUT2D eigenvalue weighted by atomic mass is 16.6. The van der Waals surface area contributed by atoms with E-state index >= 15 is 0 Å². The second-order valence-electron chi connectivity index (χ2n) is 6.21. The lowest BCUT2D eigenvalue weighted by Gasteiger charge is -2.22. The molecule has 124 valence electrons. The van der Waals surface area contributed by atoms with Crippen molar-refractivity contribution in [2.45, 2.75) is 26.3 Å². The number of anilines is 1. The number of aryl methyl sites for hydroxylation is 1. The first-order valence-corrected chi connectivity index (χ1v) is 8.20. The molecule has 1 N–H and O–H groups in total. The fourth-order valence-corrected chi connectivity index (χ4v) is 3.24. The van der Waals surface area contributed by atoms with Gasteiger partial charge in [-0.1, -0.05) is 6.07 Å². The Morgan fingerprint density at radius 2 is 1.96 bits per heavy atom. The third-order valence-corrected chi connectivity index (χ3v) is 4.37. The number of benzene rings is 1. The van der Waals surface area contributed by atoms with Gasteiger partial charge in [-0.3, -0.25) is 0 Å². The van der Waals surface area contributed by atoms with Gasteiger partial charge in [0.05, 0.1) is 5.69 Å². The molecule has 0 aliphatic carbocycles. The Labute approximate surface area is 140 Å². The van der Waals surface area contributed by atoms with Gasteiger partial charge in [-0.05, 0) is 47.9 Å². The molecule has 0 amide bonds. The largest absolute Gasteiger partial charge is 0.355 e. The third kappa shape index (κ3) is 2.82. The van der Waals surface area contributed by atoms with Crippen molar-refractivity contribution in [3.05, 3.63) is 40.8 Å². The van der Waals surface area contributed by atoms with Crippen molar-refractivity contribution in [2.75, 3.05) is 25.0 Å². The fraction of sp³-hybridized carbons (Fsp3) is 0.412. The van der Waals surface area contributed by atoms with Crippen LogP contribution in [0.5, 0.6) is 0 Å². The molecular weight excluding hydrogens is 304 g/mol. The Bertz CT molecular complexity index is 875. The van der Waals surface area contributed by atoms with Crippen LogP contribution in [0, 0.1) is 6.92 Å². The molecule has 1 aromatic carbocycles. The van der Waals surface area contributed by atoms with E-state index in [9.17, 15) is 0 Å². The molecule has 3 aromatic rings. The Hall–Kier alpha value is -2.54. The number of hydrogen-bond donors (Lipinski definition) is 1. The van der Waals surface area contributed by atoms with Crippen LogP contribution in [-0.2, 0) is 19.4 Å². The molecule has 4 rings (SSSR count). The Morgan fingerprint density at radius 3 is 2.88 bits per heavy atom. The van der Waals surface area contributed by atoms with Crippen LogP contribution in [0.2, 0.25) is 0 Å². The normalized spacial score (nSPS) is 14.4. The highest BCUT2D eigenvalue weighted by Crippen LogP contribution is 2.24. The van der Waals surface area contributed by atoms with Gasteiger partial charge in [-0.2, -0.15) is 0 Å². The maximum absolute atomic E-state index is 4.77. The summed E-state index contributed by atoms with van der Waals surface area (Å²) in [5.41, 5.74) is 5.14. The topological polar surface area (TPSA) is 80.0 Å². The highest BCUT2D eigenvalue weighted by molar-refractivity contribution is 5.73. The van der Waals surface area contributed by atoms with Gasteiger partial charge >= 0.3 is 0 Å². The second-order valence-corrected chi connectivity index (χ2v) is 6.21. The van der Waals surface area contributed by atoms with Crippen molar-refractivity contribution < 1.29 is 4.63 Å². The lowest BCUT2D eigenvalue weighted by atomic mass is 10.1. The molecule has 0 spiro atoms. The van der Waals surface area contributed by atoms with Crippen molar-refractivity contribution in [1.82, 2.24) is 25.6 Å². The second kappa shape index (κ2) is 6.16. The summed E-state index contributed by atoms with van der Waals surface area (Å²) >= 11 is 0. The average Bonchev–Trinajstić information content (AvgIpc) is 2.90. The van der Waals surface area contributed by atoms with E-state index in [0.717, 1.165) is 60.7 Å². The maximum atomic E-state index is 4.77. The zero-order valence-electron chi connectivity index (χ0n) is 13.9. The number of rotatable bonds is 3. The summed E-state index contributed by atoms with van der Waals surface area (Å²) < 4.78 is 4.77. The molecule has 0 bridgehead atoms. The number of nitrogens with one attached hydrogen (secondary N) is 1. The van der Waals surface area contributed by atoms with Crippen molar-refractivity contribution in [3.63, 3.8) is 0 Å². The number of hydrogen-bond acceptors (Lipinski definition) is 7. The van der Waals surface area contributed by atoms with Gasteiger partial charge in [0.25, 0.3) is 0 Å². The first-order chi connectivity index (χ1) is 11.7. The lowest BCUT2D eigenvalue weighted by molar-refractivity contribution is 0.315. The summed E-state index contributed by atoms with van der Waals surface area (Å²) in [5, 5.41) is 11.2. The van der Waals surface area contributed by atoms with Gasteiger partial charge in [0.1, 0.15) is 22.7 Å². The van der Waals surface area contributed by atoms with E-state index in [4.69, 9.17) is 9.61 Å². The van der Waals surface area contributed by atoms with Crippen LogP contribution in [0.4, 0.5) is 5.82 Å². The molecule has 0 unspecified atom stereocenters. The van der Waals surface area contributed by atoms with E-state index in [1.165, 1.54) is 11.3 Å². The molecule has 24 heavy (non-hydrogen) atoms. The minimum Gasteiger partial charge on any atom is -0.355 e. The third-order valence-electron chi connectivity index (χ3n) is 4.37. The number of fused-ring (bicyclic) bond motifs is 2. The molecular formula is C17H20N6O. The minimum absolute atomic E-state index is 0.749. The molecule has 3 heterocycles. The van der Waals surface area contributed by atoms with Crippen LogP contribution in [0.3, 0.4) is 0 Å². The van der Waals surface area contributed by atoms with Gasteiger partial charge in [0, 0.05) is 32.1 Å². The Morgan fingerprint density at radius 1 is 1.12 bits per heavy atom. The molecule has 0 radical (unpaired) electrons. The molecule has 0 saturated heterocycles. The number of aromatic nitrogens is 4. The van der Waals surface area contributed by atoms with Gasteiger partial charge in [0.15, 0.2) is 0 Å². The highest BCUT2D eigenvalue weighted by Gasteiger charge is 2.18. The molecule has 2 aromatic heterocycles. The van der Waals surface area contributed by atoms with Crippen molar-refractivity contribution in [3.8, 4) is 0 Å². The molecule has 0 atom stereocenters. The van der Waals surface area contributed by atoms with Crippen LogP contribution in [0.1, 0.15) is 22.6 Å². The van der Waals surface area contributed by atoms with E-state index in [0.29, 0.717) is 0 Å². The zero-order chi connectivity index (χ0) is 16.5. The number of nitrogens with zero attached hydrogens (tertiary/aromatic N) is 5. The summed E-state index contributed by atoms with van der Waals surface area (Å²) in [7, 11) is 2.08. The first-order valence-electron chi connectivity index (χ1n) is 8.20. The van der Waals surface area contributed by atoms with Crippen LogP contribution >= 0.6 is 0 Å². The van der Waals surface area contributed by atoms with Crippen molar-refractivity contribution in [1.29, 1.82) is 0 Å². The summed E-state index contributed by atoms with van der Waals surface area (Å²) in [6.45, 7) is 4.65. The van der Waals surface area contributed by atoms with Gasteiger partial charge < -0.3 is 10.2 Å². The molecule has 7 heteroatoms. The summed E-state index contributed by atoms with van der Waals surface area (Å²) in [4.78, 5) is 11.6. The Kier molecular flexibility index (Phi) is 3.86. The van der Waals surface area contributed by atoms with Gasteiger partial charge in [-0.25, -0.2) is 14.6 Å². The van der Waals surface area contributed by atoms with Crippen LogP contribution in [0.25, 0.3) is 11.0 Å². The molecule has 7 nitrogen and oxygen atoms in total. The predicted molar refractivity (Wildman–Crippen MR) is 91.0 cm³/mol. The fourth-order valence-electron chi connectivity index (χ4n) is 3.24. The monoisotopic (exact) mass is 324 g/mol. The smallest absolute Gasteiger partial charge is 0.135 e. The van der Waals surface area contributed by atoms with Crippen LogP contribution in [-0.4, -0.2) is 40.4 Å². The standard InChI is InChI=1S/C17H20N6O/c1-11-19-14-6-8-18-7-5-13(14)17(20-11)23(2)10-12-3-4-15-16(9-12)22-24-21-15/h3-4,9,18H,5-8,10H2,1-2H3. The first kappa shape index (κ1) is 15.0. The lowest BCUT2D eigenvalue weighted by Crippen LogP contribution is -2.22. The van der Waals surface area contributed by atoms with E-state index < -0.39 is 0 Å². The zero-order valence-corrected chi connectivity index (χ0v) is 13.9. The van der Waals surface area contributed by atoms with Crippen molar-refractivity contribution >= 4 is 16.9 Å². The molecule has 1 aliphatic rings. The van der Waals surface area contributed by atoms with Crippen LogP contribution in [0.15, 0.2) is 22.8 Å². The van der Waals surface area contributed by atoms with E-state index in [2.05, 4.69) is 38.6 Å². The van der Waals surface area contributed by atoms with Gasteiger partial charge in [0.2, 0.25) is 0 Å².